The highest BCUT2D eigenvalue weighted by Crippen LogP contribution is 2.12. The highest BCUT2D eigenvalue weighted by atomic mass is 16.3. The maximum absolute atomic E-state index is 9.40. The number of unbranched alkanes of at least 4 members (excludes halogenated alkanes) is 7. The van der Waals surface area contributed by atoms with E-state index in [0.717, 1.165) is 6.54 Å². The summed E-state index contributed by atoms with van der Waals surface area (Å²) in [5.41, 5.74) is 0. The topological polar surface area (TPSA) is 43.7 Å². The van der Waals surface area contributed by atoms with Crippen molar-refractivity contribution in [1.82, 2.24) is 4.90 Å². The number of aliphatic hydroxyl groups excluding tert-OH is 2. The second kappa shape index (κ2) is 8.90. The molecule has 0 radical (unpaired) electrons. The average Bonchev–Trinajstić information content (AvgIpc) is 2.62. The lowest BCUT2D eigenvalue weighted by Crippen LogP contribution is -2.23. The summed E-state index contributed by atoms with van der Waals surface area (Å²) in [5.74, 6) is 0. The lowest BCUT2D eigenvalue weighted by molar-refractivity contribution is 0.0572. The second-order valence-corrected chi connectivity index (χ2v) is 5.37. The molecule has 1 rings (SSSR count). The van der Waals surface area contributed by atoms with E-state index in [1.165, 1.54) is 51.4 Å². The normalized spacial score (nSPS) is 25.6. The van der Waals surface area contributed by atoms with Gasteiger partial charge in [-0.2, -0.15) is 0 Å². The zero-order chi connectivity index (χ0) is 12.5. The molecule has 3 nitrogen and oxygen atoms in total. The molecule has 17 heavy (non-hydrogen) atoms. The molecule has 2 unspecified atom stereocenters. The third kappa shape index (κ3) is 6.39. The molecule has 2 N–H and O–H groups in total. The number of β-amino-alcohol motifs (C(OH)–C–C–N with tert-alkyl or cyclic N) is 2. The molecule has 1 aliphatic heterocycles. The number of likely N-dealkylation sites (tertiary alicyclic amines) is 1. The van der Waals surface area contributed by atoms with E-state index in [0.29, 0.717) is 13.1 Å². The molecule has 102 valence electrons. The van der Waals surface area contributed by atoms with Crippen molar-refractivity contribution in [3.05, 3.63) is 0 Å². The molecular formula is C14H29NO2. The van der Waals surface area contributed by atoms with Crippen molar-refractivity contribution < 1.29 is 10.2 Å². The van der Waals surface area contributed by atoms with Crippen molar-refractivity contribution in [2.75, 3.05) is 19.6 Å². The lowest BCUT2D eigenvalue weighted by Gasteiger charge is -2.13. The molecule has 0 spiro atoms. The molecule has 1 aliphatic rings. The largest absolute Gasteiger partial charge is 0.389 e. The molecule has 0 saturated carbocycles. The van der Waals surface area contributed by atoms with Crippen LogP contribution in [-0.4, -0.2) is 47.0 Å². The summed E-state index contributed by atoms with van der Waals surface area (Å²) in [6, 6.07) is 0. The third-order valence-electron chi connectivity index (χ3n) is 3.66. The molecule has 0 aliphatic carbocycles. The van der Waals surface area contributed by atoms with E-state index >= 15 is 0 Å². The van der Waals surface area contributed by atoms with Crippen LogP contribution in [0.3, 0.4) is 0 Å². The van der Waals surface area contributed by atoms with Crippen LogP contribution in [0.1, 0.15) is 58.3 Å². The van der Waals surface area contributed by atoms with Crippen LogP contribution in [0.5, 0.6) is 0 Å². The number of aliphatic hydroxyl groups is 2. The summed E-state index contributed by atoms with van der Waals surface area (Å²) in [6.45, 7) is 4.58. The van der Waals surface area contributed by atoms with Crippen molar-refractivity contribution in [2.24, 2.45) is 0 Å². The van der Waals surface area contributed by atoms with Gasteiger partial charge in [0.2, 0.25) is 0 Å². The van der Waals surface area contributed by atoms with Gasteiger partial charge in [-0.3, -0.25) is 4.90 Å². The van der Waals surface area contributed by atoms with E-state index in [1.54, 1.807) is 0 Å². The van der Waals surface area contributed by atoms with Gasteiger partial charge in [0.05, 0.1) is 12.2 Å². The van der Waals surface area contributed by atoms with Crippen LogP contribution in [0, 0.1) is 0 Å². The Labute approximate surface area is 106 Å². The van der Waals surface area contributed by atoms with E-state index < -0.39 is 12.2 Å². The fourth-order valence-electron chi connectivity index (χ4n) is 2.50. The molecule has 1 heterocycles. The van der Waals surface area contributed by atoms with Gasteiger partial charge in [0, 0.05) is 13.1 Å². The summed E-state index contributed by atoms with van der Waals surface area (Å²) < 4.78 is 0. The minimum Gasteiger partial charge on any atom is -0.389 e. The molecule has 2 atom stereocenters. The zero-order valence-corrected chi connectivity index (χ0v) is 11.3. The van der Waals surface area contributed by atoms with Crippen LogP contribution in [0.2, 0.25) is 0 Å². The van der Waals surface area contributed by atoms with Gasteiger partial charge in [-0.15, -0.1) is 0 Å². The van der Waals surface area contributed by atoms with Gasteiger partial charge >= 0.3 is 0 Å². The SMILES string of the molecule is CCCCCCCCCCN1CC(O)C(O)C1. The summed E-state index contributed by atoms with van der Waals surface area (Å²) >= 11 is 0. The van der Waals surface area contributed by atoms with Gasteiger partial charge in [-0.1, -0.05) is 51.9 Å². The van der Waals surface area contributed by atoms with Crippen molar-refractivity contribution in [3.63, 3.8) is 0 Å². The van der Waals surface area contributed by atoms with E-state index in [4.69, 9.17) is 0 Å². The highest BCUT2D eigenvalue weighted by Gasteiger charge is 2.28. The van der Waals surface area contributed by atoms with Crippen LogP contribution in [0.4, 0.5) is 0 Å². The second-order valence-electron chi connectivity index (χ2n) is 5.37. The first-order chi connectivity index (χ1) is 8.24. The molecular weight excluding hydrogens is 214 g/mol. The molecule has 0 amide bonds. The summed E-state index contributed by atoms with van der Waals surface area (Å²) in [5, 5.41) is 18.8. The Hall–Kier alpha value is -0.120. The van der Waals surface area contributed by atoms with Crippen molar-refractivity contribution in [3.8, 4) is 0 Å². The van der Waals surface area contributed by atoms with Gasteiger partial charge < -0.3 is 10.2 Å². The predicted octanol–water partition coefficient (Wildman–Crippen LogP) is 2.16. The quantitative estimate of drug-likeness (QED) is 0.610. The summed E-state index contributed by atoms with van der Waals surface area (Å²) in [4.78, 5) is 2.17. The third-order valence-corrected chi connectivity index (χ3v) is 3.66. The maximum Gasteiger partial charge on any atom is 0.0938 e. The predicted molar refractivity (Wildman–Crippen MR) is 71.1 cm³/mol. The molecule has 0 aromatic heterocycles. The first-order valence-corrected chi connectivity index (χ1v) is 7.32. The highest BCUT2D eigenvalue weighted by molar-refractivity contribution is 4.82. The minimum atomic E-state index is -0.524. The minimum absolute atomic E-state index is 0.524. The van der Waals surface area contributed by atoms with Crippen LogP contribution in [-0.2, 0) is 0 Å². The van der Waals surface area contributed by atoms with Gasteiger partial charge in [0.15, 0.2) is 0 Å². The summed E-state index contributed by atoms with van der Waals surface area (Å²) in [7, 11) is 0. The molecule has 0 bridgehead atoms. The average molecular weight is 243 g/mol. The van der Waals surface area contributed by atoms with Gasteiger partial charge in [-0.05, 0) is 13.0 Å². The van der Waals surface area contributed by atoms with E-state index in [1.807, 2.05) is 0 Å². The maximum atomic E-state index is 9.40. The zero-order valence-electron chi connectivity index (χ0n) is 11.3. The first kappa shape index (κ1) is 14.9. The van der Waals surface area contributed by atoms with Crippen LogP contribution in [0.15, 0.2) is 0 Å². The van der Waals surface area contributed by atoms with Crippen molar-refractivity contribution in [2.45, 2.75) is 70.5 Å². The van der Waals surface area contributed by atoms with Crippen molar-refractivity contribution >= 4 is 0 Å². The monoisotopic (exact) mass is 243 g/mol. The Morgan fingerprint density at radius 3 is 1.82 bits per heavy atom. The van der Waals surface area contributed by atoms with E-state index in [-0.39, 0.29) is 0 Å². The van der Waals surface area contributed by atoms with E-state index in [2.05, 4.69) is 11.8 Å². The van der Waals surface area contributed by atoms with Crippen LogP contribution < -0.4 is 0 Å². The lowest BCUT2D eigenvalue weighted by atomic mass is 10.1. The molecule has 0 aromatic rings. The molecule has 0 aromatic carbocycles. The Balaban J connectivity index is 1.85. The Kier molecular flexibility index (Phi) is 7.82. The number of nitrogens with zero attached hydrogens (tertiary/aromatic N) is 1. The first-order valence-electron chi connectivity index (χ1n) is 7.32. The van der Waals surface area contributed by atoms with Crippen LogP contribution >= 0.6 is 0 Å². The van der Waals surface area contributed by atoms with Gasteiger partial charge in [0.1, 0.15) is 0 Å². The molecule has 1 saturated heterocycles. The molecule has 3 heteroatoms. The van der Waals surface area contributed by atoms with Gasteiger partial charge in [-0.25, -0.2) is 0 Å². The molecule has 1 fully saturated rings. The number of hydrogen-bond acceptors (Lipinski definition) is 3. The number of rotatable bonds is 9. The Morgan fingerprint density at radius 1 is 0.824 bits per heavy atom. The summed E-state index contributed by atoms with van der Waals surface area (Å²) in [6.07, 6.45) is 9.61. The number of hydrogen-bond donors (Lipinski definition) is 2. The van der Waals surface area contributed by atoms with Gasteiger partial charge in [0.25, 0.3) is 0 Å². The Bertz CT molecular complexity index is 177. The standard InChI is InChI=1S/C14H29NO2/c1-2-3-4-5-6-7-8-9-10-15-11-13(16)14(17)12-15/h13-14,16-17H,2-12H2,1H3. The van der Waals surface area contributed by atoms with Crippen LogP contribution in [0.25, 0.3) is 0 Å². The smallest absolute Gasteiger partial charge is 0.0938 e. The fraction of sp³-hybridized carbons (Fsp3) is 1.00. The van der Waals surface area contributed by atoms with Crippen molar-refractivity contribution in [1.29, 1.82) is 0 Å². The fourth-order valence-corrected chi connectivity index (χ4v) is 2.50. The Morgan fingerprint density at radius 2 is 1.29 bits per heavy atom. The van der Waals surface area contributed by atoms with E-state index in [9.17, 15) is 10.2 Å².